The molecule has 0 bridgehead atoms. The van der Waals surface area contributed by atoms with Gasteiger partial charge >= 0.3 is 0 Å². The van der Waals surface area contributed by atoms with E-state index in [-0.39, 0.29) is 11.5 Å². The number of hydrogen-bond donors (Lipinski definition) is 1. The average Bonchev–Trinajstić information content (AvgIpc) is 2.46. The van der Waals surface area contributed by atoms with Gasteiger partial charge in [0.05, 0.1) is 10.5 Å². The van der Waals surface area contributed by atoms with Gasteiger partial charge in [-0.2, -0.15) is 0 Å². The molecule has 20 heavy (non-hydrogen) atoms. The number of amides is 1. The SMILES string of the molecule is O=C(c1cc(Cl)c2ccc(=O)[nH]c2c1)N1CCCCC1. The highest BCUT2D eigenvalue weighted by Gasteiger charge is 2.19. The molecule has 2 heterocycles. The van der Waals surface area contributed by atoms with E-state index in [0.29, 0.717) is 16.1 Å². The Hall–Kier alpha value is -1.81. The van der Waals surface area contributed by atoms with Gasteiger partial charge in [0, 0.05) is 30.1 Å². The number of fused-ring (bicyclic) bond motifs is 1. The normalized spacial score (nSPS) is 15.6. The maximum Gasteiger partial charge on any atom is 0.253 e. The van der Waals surface area contributed by atoms with Crippen LogP contribution < -0.4 is 5.56 Å². The summed E-state index contributed by atoms with van der Waals surface area (Å²) < 4.78 is 0. The number of piperidine rings is 1. The van der Waals surface area contributed by atoms with Crippen LogP contribution in [0, 0.1) is 0 Å². The molecule has 4 nitrogen and oxygen atoms in total. The number of likely N-dealkylation sites (tertiary alicyclic amines) is 1. The number of nitrogens with zero attached hydrogens (tertiary/aromatic N) is 1. The molecule has 0 aliphatic carbocycles. The Balaban J connectivity index is 2.03. The zero-order valence-corrected chi connectivity index (χ0v) is 11.7. The van der Waals surface area contributed by atoms with Crippen LogP contribution in [0.2, 0.25) is 5.02 Å². The van der Waals surface area contributed by atoms with Gasteiger partial charge in [0.15, 0.2) is 0 Å². The lowest BCUT2D eigenvalue weighted by molar-refractivity contribution is 0.0724. The maximum atomic E-state index is 12.5. The van der Waals surface area contributed by atoms with E-state index >= 15 is 0 Å². The molecule has 1 saturated heterocycles. The number of rotatable bonds is 1. The molecule has 1 N–H and O–H groups in total. The summed E-state index contributed by atoms with van der Waals surface area (Å²) in [7, 11) is 0. The Morgan fingerprint density at radius 1 is 1.15 bits per heavy atom. The molecule has 5 heteroatoms. The van der Waals surface area contributed by atoms with Crippen LogP contribution in [0.15, 0.2) is 29.1 Å². The lowest BCUT2D eigenvalue weighted by Gasteiger charge is -2.26. The molecule has 1 aliphatic heterocycles. The first kappa shape index (κ1) is 13.2. The van der Waals surface area contributed by atoms with Gasteiger partial charge in [-0.25, -0.2) is 0 Å². The lowest BCUT2D eigenvalue weighted by atomic mass is 10.1. The lowest BCUT2D eigenvalue weighted by Crippen LogP contribution is -2.35. The number of carbonyl (C=O) groups is 1. The van der Waals surface area contributed by atoms with E-state index in [1.54, 1.807) is 18.2 Å². The van der Waals surface area contributed by atoms with Crippen molar-refractivity contribution in [3.05, 3.63) is 45.2 Å². The Morgan fingerprint density at radius 2 is 1.90 bits per heavy atom. The first-order valence-corrected chi connectivity index (χ1v) is 7.15. The van der Waals surface area contributed by atoms with E-state index in [1.807, 2.05) is 4.90 Å². The zero-order chi connectivity index (χ0) is 14.1. The third-order valence-electron chi connectivity index (χ3n) is 3.68. The van der Waals surface area contributed by atoms with Crippen molar-refractivity contribution in [1.29, 1.82) is 0 Å². The largest absolute Gasteiger partial charge is 0.339 e. The molecule has 0 unspecified atom stereocenters. The predicted molar refractivity (Wildman–Crippen MR) is 79.3 cm³/mol. The van der Waals surface area contributed by atoms with Gasteiger partial charge < -0.3 is 9.88 Å². The third kappa shape index (κ3) is 2.43. The number of H-pyrrole nitrogens is 1. The molecule has 0 atom stereocenters. The third-order valence-corrected chi connectivity index (χ3v) is 3.99. The number of pyridine rings is 1. The van der Waals surface area contributed by atoms with Gasteiger partial charge in [0.25, 0.3) is 5.91 Å². The minimum Gasteiger partial charge on any atom is -0.339 e. The standard InChI is InChI=1S/C15H15ClN2O2/c16-12-8-10(15(20)18-6-2-1-3-7-18)9-13-11(12)4-5-14(19)17-13/h4-5,8-9H,1-3,6-7H2,(H,17,19). The molecule has 0 spiro atoms. The second kappa shape index (κ2) is 5.29. The monoisotopic (exact) mass is 290 g/mol. The van der Waals surface area contributed by atoms with E-state index in [2.05, 4.69) is 4.98 Å². The predicted octanol–water partition coefficient (Wildman–Crippen LogP) is 2.81. The summed E-state index contributed by atoms with van der Waals surface area (Å²) in [6, 6.07) is 6.49. The van der Waals surface area contributed by atoms with Crippen LogP contribution in [0.3, 0.4) is 0 Å². The highest BCUT2D eigenvalue weighted by molar-refractivity contribution is 6.35. The van der Waals surface area contributed by atoms with Crippen molar-refractivity contribution in [2.24, 2.45) is 0 Å². The molecule has 0 saturated carbocycles. The van der Waals surface area contributed by atoms with Crippen LogP contribution in [0.1, 0.15) is 29.6 Å². The summed E-state index contributed by atoms with van der Waals surface area (Å²) in [4.78, 5) is 28.4. The Labute approximate surface area is 121 Å². The van der Waals surface area contributed by atoms with E-state index < -0.39 is 0 Å². The summed E-state index contributed by atoms with van der Waals surface area (Å²) in [6.45, 7) is 1.58. The van der Waals surface area contributed by atoms with Crippen LogP contribution in [0.25, 0.3) is 10.9 Å². The second-order valence-corrected chi connectivity index (χ2v) is 5.50. The zero-order valence-electron chi connectivity index (χ0n) is 11.0. The maximum absolute atomic E-state index is 12.5. The quantitative estimate of drug-likeness (QED) is 0.878. The van der Waals surface area contributed by atoms with Crippen molar-refractivity contribution < 1.29 is 4.79 Å². The number of aromatic amines is 1. The molecular formula is C15H15ClN2O2. The summed E-state index contributed by atoms with van der Waals surface area (Å²) in [5.74, 6) is -0.0156. The van der Waals surface area contributed by atoms with Gasteiger partial charge in [0.1, 0.15) is 0 Å². The summed E-state index contributed by atoms with van der Waals surface area (Å²) in [5.41, 5.74) is 0.938. The Bertz CT molecular complexity index is 717. The summed E-state index contributed by atoms with van der Waals surface area (Å²) in [6.07, 6.45) is 3.27. The van der Waals surface area contributed by atoms with E-state index in [9.17, 15) is 9.59 Å². The summed E-state index contributed by atoms with van der Waals surface area (Å²) >= 11 is 6.20. The topological polar surface area (TPSA) is 53.2 Å². The molecule has 1 amide bonds. The first-order chi connectivity index (χ1) is 9.65. The molecule has 3 rings (SSSR count). The van der Waals surface area contributed by atoms with Crippen molar-refractivity contribution >= 4 is 28.4 Å². The van der Waals surface area contributed by atoms with Crippen LogP contribution in [0.5, 0.6) is 0 Å². The highest BCUT2D eigenvalue weighted by Crippen LogP contribution is 2.24. The van der Waals surface area contributed by atoms with Crippen molar-refractivity contribution in [3.8, 4) is 0 Å². The number of benzene rings is 1. The van der Waals surface area contributed by atoms with Gasteiger partial charge in [0.2, 0.25) is 5.56 Å². The van der Waals surface area contributed by atoms with Crippen LogP contribution in [-0.2, 0) is 0 Å². The minimum absolute atomic E-state index is 0.0156. The van der Waals surface area contributed by atoms with Crippen molar-refractivity contribution in [2.45, 2.75) is 19.3 Å². The van der Waals surface area contributed by atoms with Gasteiger partial charge in [-0.05, 0) is 37.5 Å². The molecule has 0 radical (unpaired) electrons. The molecule has 2 aromatic rings. The fourth-order valence-electron chi connectivity index (χ4n) is 2.63. The minimum atomic E-state index is -0.198. The highest BCUT2D eigenvalue weighted by atomic mass is 35.5. The summed E-state index contributed by atoms with van der Waals surface area (Å²) in [5, 5.41) is 1.24. The average molecular weight is 291 g/mol. The number of aromatic nitrogens is 1. The molecule has 104 valence electrons. The molecular weight excluding hydrogens is 276 g/mol. The van der Waals surface area contributed by atoms with Gasteiger partial charge in [-0.15, -0.1) is 0 Å². The van der Waals surface area contributed by atoms with Gasteiger partial charge in [-0.1, -0.05) is 11.6 Å². The van der Waals surface area contributed by atoms with E-state index in [1.165, 1.54) is 12.5 Å². The van der Waals surface area contributed by atoms with Crippen molar-refractivity contribution in [3.63, 3.8) is 0 Å². The van der Waals surface area contributed by atoms with Crippen LogP contribution in [0.4, 0.5) is 0 Å². The first-order valence-electron chi connectivity index (χ1n) is 6.77. The van der Waals surface area contributed by atoms with E-state index in [0.717, 1.165) is 31.3 Å². The smallest absolute Gasteiger partial charge is 0.253 e. The number of nitrogens with one attached hydrogen (secondary N) is 1. The fourth-order valence-corrected chi connectivity index (χ4v) is 2.91. The molecule has 1 aromatic carbocycles. The number of carbonyl (C=O) groups excluding carboxylic acids is 1. The second-order valence-electron chi connectivity index (χ2n) is 5.09. The van der Waals surface area contributed by atoms with Crippen molar-refractivity contribution in [1.82, 2.24) is 9.88 Å². The van der Waals surface area contributed by atoms with Crippen LogP contribution >= 0.6 is 11.6 Å². The molecule has 1 aromatic heterocycles. The molecule has 1 fully saturated rings. The Morgan fingerprint density at radius 3 is 2.65 bits per heavy atom. The molecule has 1 aliphatic rings. The number of hydrogen-bond acceptors (Lipinski definition) is 2. The van der Waals surface area contributed by atoms with E-state index in [4.69, 9.17) is 11.6 Å². The number of halogens is 1. The fraction of sp³-hybridized carbons (Fsp3) is 0.333. The van der Waals surface area contributed by atoms with Gasteiger partial charge in [-0.3, -0.25) is 9.59 Å². The Kier molecular flexibility index (Phi) is 3.49. The van der Waals surface area contributed by atoms with Crippen LogP contribution in [-0.4, -0.2) is 28.9 Å². The van der Waals surface area contributed by atoms with Crippen molar-refractivity contribution in [2.75, 3.05) is 13.1 Å².